The molecule has 4 rings (SSSR count). The number of hydrogen-bond donors (Lipinski definition) is 1. The van der Waals surface area contributed by atoms with Crippen LogP contribution in [-0.2, 0) is 16.6 Å². The van der Waals surface area contributed by atoms with Crippen LogP contribution in [0, 0.1) is 0 Å². The Morgan fingerprint density at radius 1 is 1.12 bits per heavy atom. The zero-order chi connectivity index (χ0) is 18.1. The van der Waals surface area contributed by atoms with E-state index in [1.807, 2.05) is 48.5 Å². The molecule has 6 heteroatoms. The van der Waals surface area contributed by atoms with Crippen molar-refractivity contribution in [2.45, 2.75) is 24.7 Å². The molecule has 1 heterocycles. The molecule has 1 amide bonds. The fourth-order valence-electron chi connectivity index (χ4n) is 3.03. The lowest BCUT2D eigenvalue weighted by atomic mass is 9.95. The number of rotatable bonds is 5. The van der Waals surface area contributed by atoms with Crippen LogP contribution in [-0.4, -0.2) is 10.9 Å². The van der Waals surface area contributed by atoms with Crippen LogP contribution < -0.4 is 5.32 Å². The topological polar surface area (TPSA) is 42.0 Å². The third kappa shape index (κ3) is 3.50. The van der Waals surface area contributed by atoms with Crippen LogP contribution in [0.5, 0.6) is 0 Å². The van der Waals surface area contributed by atoms with E-state index in [2.05, 4.69) is 10.3 Å². The number of nitrogens with one attached hydrogen (secondary N) is 1. The van der Waals surface area contributed by atoms with Crippen LogP contribution in [0.3, 0.4) is 0 Å². The molecule has 0 radical (unpaired) electrons. The Morgan fingerprint density at radius 3 is 2.54 bits per heavy atom. The molecule has 1 aliphatic rings. The van der Waals surface area contributed by atoms with Crippen LogP contribution in [0.4, 0.5) is 5.13 Å². The lowest BCUT2D eigenvalue weighted by Gasteiger charge is -2.14. The number of thiazole rings is 1. The molecule has 0 bridgehead atoms. The second-order valence-electron chi connectivity index (χ2n) is 6.44. The second kappa shape index (κ2) is 7.03. The van der Waals surface area contributed by atoms with Crippen molar-refractivity contribution in [2.75, 3.05) is 5.32 Å². The highest BCUT2D eigenvalue weighted by atomic mass is 35.5. The largest absolute Gasteiger partial charge is 0.301 e. The quantitative estimate of drug-likeness (QED) is 0.593. The highest BCUT2D eigenvalue weighted by molar-refractivity contribution is 7.15. The molecule has 1 N–H and O–H groups in total. The highest BCUT2D eigenvalue weighted by Gasteiger charge is 2.51. The van der Waals surface area contributed by atoms with Crippen molar-refractivity contribution in [1.82, 2.24) is 4.98 Å². The lowest BCUT2D eigenvalue weighted by Crippen LogP contribution is -2.27. The van der Waals surface area contributed by atoms with Crippen LogP contribution in [0.2, 0.25) is 10.0 Å². The SMILES string of the molecule is O=C(Nc1ncc(Cc2ccccc2Cl)s1)C1(c2ccc(Cl)cc2)CC1. The third-order valence-electron chi connectivity index (χ3n) is 4.68. The minimum Gasteiger partial charge on any atom is -0.301 e. The first-order valence-corrected chi connectivity index (χ1v) is 9.90. The smallest absolute Gasteiger partial charge is 0.236 e. The van der Waals surface area contributed by atoms with Crippen molar-refractivity contribution in [3.05, 3.63) is 80.8 Å². The molecule has 2 aromatic carbocycles. The summed E-state index contributed by atoms with van der Waals surface area (Å²) < 4.78 is 0. The fraction of sp³-hybridized carbons (Fsp3) is 0.200. The number of carbonyl (C=O) groups excluding carboxylic acids is 1. The minimum absolute atomic E-state index is 0.00142. The number of aromatic nitrogens is 1. The molecular formula is C20H16Cl2N2OS. The number of carbonyl (C=O) groups is 1. The van der Waals surface area contributed by atoms with E-state index in [1.54, 1.807) is 6.20 Å². The zero-order valence-electron chi connectivity index (χ0n) is 13.8. The van der Waals surface area contributed by atoms with Crippen molar-refractivity contribution in [1.29, 1.82) is 0 Å². The molecule has 0 spiro atoms. The van der Waals surface area contributed by atoms with Crippen molar-refractivity contribution < 1.29 is 4.79 Å². The van der Waals surface area contributed by atoms with E-state index < -0.39 is 5.41 Å². The van der Waals surface area contributed by atoms with Gasteiger partial charge in [-0.25, -0.2) is 4.98 Å². The van der Waals surface area contributed by atoms with E-state index in [0.717, 1.165) is 33.9 Å². The van der Waals surface area contributed by atoms with Gasteiger partial charge >= 0.3 is 0 Å². The average molecular weight is 403 g/mol. The Balaban J connectivity index is 1.46. The monoisotopic (exact) mass is 402 g/mol. The van der Waals surface area contributed by atoms with Gasteiger partial charge in [-0.1, -0.05) is 53.5 Å². The number of hydrogen-bond acceptors (Lipinski definition) is 3. The standard InChI is InChI=1S/C20H16Cl2N2OS/c21-15-7-5-14(6-8-15)20(9-10-20)18(25)24-19-23-12-16(26-19)11-13-3-1-2-4-17(13)22/h1-8,12H,9-11H2,(H,23,24,25). The number of anilines is 1. The molecule has 0 aliphatic heterocycles. The van der Waals surface area contributed by atoms with E-state index in [1.165, 1.54) is 11.3 Å². The van der Waals surface area contributed by atoms with E-state index in [0.29, 0.717) is 16.6 Å². The Hall–Kier alpha value is -1.88. The first-order chi connectivity index (χ1) is 12.6. The average Bonchev–Trinajstić information content (AvgIpc) is 3.33. The molecule has 26 heavy (non-hydrogen) atoms. The highest BCUT2D eigenvalue weighted by Crippen LogP contribution is 2.49. The molecular weight excluding hydrogens is 387 g/mol. The van der Waals surface area contributed by atoms with E-state index in [4.69, 9.17) is 23.2 Å². The fourth-order valence-corrected chi connectivity index (χ4v) is 4.19. The van der Waals surface area contributed by atoms with Gasteiger partial charge in [0.1, 0.15) is 0 Å². The minimum atomic E-state index is -0.445. The van der Waals surface area contributed by atoms with Crippen LogP contribution >= 0.6 is 34.5 Å². The molecule has 3 aromatic rings. The van der Waals surface area contributed by atoms with Gasteiger partial charge in [0.25, 0.3) is 0 Å². The van der Waals surface area contributed by atoms with Gasteiger partial charge in [0.2, 0.25) is 5.91 Å². The number of nitrogens with zero attached hydrogens (tertiary/aromatic N) is 1. The molecule has 1 saturated carbocycles. The van der Waals surface area contributed by atoms with Gasteiger partial charge in [-0.15, -0.1) is 11.3 Å². The molecule has 0 unspecified atom stereocenters. The third-order valence-corrected chi connectivity index (χ3v) is 6.21. The Morgan fingerprint density at radius 2 is 1.85 bits per heavy atom. The Labute approximate surface area is 166 Å². The molecule has 132 valence electrons. The predicted octanol–water partition coefficient (Wildman–Crippen LogP) is 5.71. The summed E-state index contributed by atoms with van der Waals surface area (Å²) in [6, 6.07) is 15.3. The molecule has 0 atom stereocenters. The van der Waals surface area contributed by atoms with Crippen LogP contribution in [0.15, 0.2) is 54.7 Å². The normalized spacial score (nSPS) is 14.8. The predicted molar refractivity (Wildman–Crippen MR) is 107 cm³/mol. The summed E-state index contributed by atoms with van der Waals surface area (Å²) in [5.74, 6) is -0.00142. The first-order valence-electron chi connectivity index (χ1n) is 8.32. The summed E-state index contributed by atoms with van der Waals surface area (Å²) in [6.07, 6.45) is 4.19. The van der Waals surface area contributed by atoms with Gasteiger partial charge in [-0.2, -0.15) is 0 Å². The van der Waals surface area contributed by atoms with Crippen molar-refractivity contribution >= 4 is 45.6 Å². The first kappa shape index (κ1) is 17.5. The van der Waals surface area contributed by atoms with Crippen LogP contribution in [0.1, 0.15) is 28.8 Å². The maximum Gasteiger partial charge on any atom is 0.236 e. The van der Waals surface area contributed by atoms with Gasteiger partial charge in [0.15, 0.2) is 5.13 Å². The van der Waals surface area contributed by atoms with Gasteiger partial charge in [-0.3, -0.25) is 4.79 Å². The van der Waals surface area contributed by atoms with E-state index in [-0.39, 0.29) is 5.91 Å². The Kier molecular flexibility index (Phi) is 4.74. The summed E-state index contributed by atoms with van der Waals surface area (Å²) in [7, 11) is 0. The maximum absolute atomic E-state index is 12.8. The van der Waals surface area contributed by atoms with E-state index >= 15 is 0 Å². The summed E-state index contributed by atoms with van der Waals surface area (Å²) in [5, 5.41) is 5.02. The molecule has 1 aromatic heterocycles. The molecule has 1 aliphatic carbocycles. The van der Waals surface area contributed by atoms with Crippen molar-refractivity contribution in [3.63, 3.8) is 0 Å². The molecule has 0 saturated heterocycles. The molecule has 1 fully saturated rings. The summed E-state index contributed by atoms with van der Waals surface area (Å²) in [6.45, 7) is 0. The van der Waals surface area contributed by atoms with Crippen molar-refractivity contribution in [3.8, 4) is 0 Å². The summed E-state index contributed by atoms with van der Waals surface area (Å²) >= 11 is 13.7. The summed E-state index contributed by atoms with van der Waals surface area (Å²) in [5.41, 5.74) is 1.61. The van der Waals surface area contributed by atoms with Crippen molar-refractivity contribution in [2.24, 2.45) is 0 Å². The lowest BCUT2D eigenvalue weighted by molar-refractivity contribution is -0.118. The van der Waals surface area contributed by atoms with Gasteiger partial charge in [-0.05, 0) is 42.2 Å². The Bertz CT molecular complexity index is 948. The maximum atomic E-state index is 12.8. The molecule has 3 nitrogen and oxygen atoms in total. The second-order valence-corrected chi connectivity index (χ2v) is 8.40. The van der Waals surface area contributed by atoms with Gasteiger partial charge < -0.3 is 5.32 Å². The van der Waals surface area contributed by atoms with Crippen LogP contribution in [0.25, 0.3) is 0 Å². The van der Waals surface area contributed by atoms with Gasteiger partial charge in [0.05, 0.1) is 5.41 Å². The number of halogens is 2. The number of amides is 1. The van der Waals surface area contributed by atoms with E-state index in [9.17, 15) is 4.79 Å². The zero-order valence-corrected chi connectivity index (χ0v) is 16.2. The number of benzene rings is 2. The van der Waals surface area contributed by atoms with Gasteiger partial charge in [0, 0.05) is 27.5 Å². The summed E-state index contributed by atoms with van der Waals surface area (Å²) in [4.78, 5) is 18.2.